The molecular weight excluding hydrogens is 220 g/mol. The van der Waals surface area contributed by atoms with E-state index in [-0.39, 0.29) is 6.04 Å². The van der Waals surface area contributed by atoms with Gasteiger partial charge in [-0.3, -0.25) is 4.90 Å². The zero-order chi connectivity index (χ0) is 13.1. The fourth-order valence-corrected chi connectivity index (χ4v) is 3.30. The van der Waals surface area contributed by atoms with Gasteiger partial charge in [-0.2, -0.15) is 0 Å². The summed E-state index contributed by atoms with van der Waals surface area (Å²) >= 11 is 0. The lowest BCUT2D eigenvalue weighted by Gasteiger charge is -2.36. The molecule has 1 aliphatic carbocycles. The number of likely N-dealkylation sites (N-methyl/N-ethyl adjacent to an activating group) is 1. The highest BCUT2D eigenvalue weighted by Crippen LogP contribution is 2.31. The van der Waals surface area contributed by atoms with E-state index < -0.39 is 0 Å². The Morgan fingerprint density at radius 1 is 1.28 bits per heavy atom. The topological polar surface area (TPSA) is 29.3 Å². The maximum absolute atomic E-state index is 6.25. The van der Waals surface area contributed by atoms with Crippen LogP contribution >= 0.6 is 0 Å². The number of nitrogens with zero attached hydrogens (tertiary/aromatic N) is 1. The zero-order valence-corrected chi connectivity index (χ0v) is 11.9. The van der Waals surface area contributed by atoms with Gasteiger partial charge in [0.15, 0.2) is 0 Å². The zero-order valence-electron chi connectivity index (χ0n) is 11.9. The van der Waals surface area contributed by atoms with Gasteiger partial charge in [-0.05, 0) is 39.3 Å². The van der Waals surface area contributed by atoms with Gasteiger partial charge in [-0.25, -0.2) is 0 Å². The van der Waals surface area contributed by atoms with Crippen LogP contribution in [-0.2, 0) is 0 Å². The molecule has 0 amide bonds. The van der Waals surface area contributed by atoms with E-state index >= 15 is 0 Å². The second-order valence-electron chi connectivity index (χ2n) is 5.82. The Bertz CT molecular complexity index is 380. The molecule has 2 unspecified atom stereocenters. The molecule has 0 radical (unpaired) electrons. The van der Waals surface area contributed by atoms with Gasteiger partial charge in [0.05, 0.1) is 0 Å². The normalized spacial score (nSPS) is 20.3. The van der Waals surface area contributed by atoms with Crippen LogP contribution in [0.3, 0.4) is 0 Å². The lowest BCUT2D eigenvalue weighted by molar-refractivity contribution is 0.157. The van der Waals surface area contributed by atoms with Crippen molar-refractivity contribution in [1.82, 2.24) is 4.90 Å². The molecule has 0 heterocycles. The lowest BCUT2D eigenvalue weighted by atomic mass is 9.96. The minimum atomic E-state index is 0.164. The Kier molecular flexibility index (Phi) is 4.41. The second-order valence-corrected chi connectivity index (χ2v) is 5.82. The second kappa shape index (κ2) is 5.85. The van der Waals surface area contributed by atoms with Crippen molar-refractivity contribution < 1.29 is 0 Å². The first-order valence-electron chi connectivity index (χ1n) is 7.13. The standard InChI is InChI=1S/C16H26N2/c1-12-7-6-8-14(11-12)16(13(2)17)18(3)15-9-4-5-10-15/h6-8,11,13,15-16H,4-5,9-10,17H2,1-3H3. The molecular formula is C16H26N2. The fourth-order valence-electron chi connectivity index (χ4n) is 3.30. The summed E-state index contributed by atoms with van der Waals surface area (Å²) < 4.78 is 0. The minimum Gasteiger partial charge on any atom is -0.326 e. The van der Waals surface area contributed by atoms with E-state index in [4.69, 9.17) is 5.73 Å². The number of nitrogens with two attached hydrogens (primary N) is 1. The lowest BCUT2D eigenvalue weighted by Crippen LogP contribution is -2.41. The fraction of sp³-hybridized carbons (Fsp3) is 0.625. The van der Waals surface area contributed by atoms with Crippen LogP contribution in [0, 0.1) is 6.92 Å². The van der Waals surface area contributed by atoms with E-state index in [0.717, 1.165) is 0 Å². The van der Waals surface area contributed by atoms with Crippen LogP contribution in [0.2, 0.25) is 0 Å². The molecule has 1 saturated carbocycles. The highest BCUT2D eigenvalue weighted by molar-refractivity contribution is 5.26. The van der Waals surface area contributed by atoms with Gasteiger partial charge < -0.3 is 5.73 Å². The van der Waals surface area contributed by atoms with Gasteiger partial charge in [0.25, 0.3) is 0 Å². The first-order valence-corrected chi connectivity index (χ1v) is 7.13. The van der Waals surface area contributed by atoms with E-state index in [9.17, 15) is 0 Å². The summed E-state index contributed by atoms with van der Waals surface area (Å²) in [4.78, 5) is 2.51. The molecule has 0 aliphatic heterocycles. The third-order valence-corrected chi connectivity index (χ3v) is 4.22. The Hall–Kier alpha value is -0.860. The molecule has 1 aromatic rings. The van der Waals surface area contributed by atoms with Crippen LogP contribution in [0.5, 0.6) is 0 Å². The van der Waals surface area contributed by atoms with Crippen molar-refractivity contribution in [2.45, 2.75) is 57.7 Å². The van der Waals surface area contributed by atoms with Crippen molar-refractivity contribution in [3.8, 4) is 0 Å². The molecule has 0 spiro atoms. The maximum Gasteiger partial charge on any atom is 0.0496 e. The predicted molar refractivity (Wildman–Crippen MR) is 77.6 cm³/mol. The quantitative estimate of drug-likeness (QED) is 0.883. The van der Waals surface area contributed by atoms with Crippen molar-refractivity contribution in [1.29, 1.82) is 0 Å². The van der Waals surface area contributed by atoms with Gasteiger partial charge in [-0.15, -0.1) is 0 Å². The largest absolute Gasteiger partial charge is 0.326 e. The van der Waals surface area contributed by atoms with E-state index in [1.165, 1.54) is 36.8 Å². The third kappa shape index (κ3) is 2.93. The molecule has 2 heteroatoms. The first kappa shape index (κ1) is 13.6. The van der Waals surface area contributed by atoms with Crippen molar-refractivity contribution in [3.63, 3.8) is 0 Å². The number of rotatable bonds is 4. The Morgan fingerprint density at radius 3 is 2.50 bits per heavy atom. The molecule has 1 fully saturated rings. The molecule has 0 aromatic heterocycles. The molecule has 2 atom stereocenters. The molecule has 100 valence electrons. The summed E-state index contributed by atoms with van der Waals surface area (Å²) in [6.07, 6.45) is 5.39. The molecule has 1 aromatic carbocycles. The number of hydrogen-bond donors (Lipinski definition) is 1. The average Bonchev–Trinajstić information content (AvgIpc) is 2.82. The van der Waals surface area contributed by atoms with Crippen molar-refractivity contribution in [3.05, 3.63) is 35.4 Å². The van der Waals surface area contributed by atoms with Gasteiger partial charge in [0, 0.05) is 18.1 Å². The molecule has 18 heavy (non-hydrogen) atoms. The number of hydrogen-bond acceptors (Lipinski definition) is 2. The Labute approximate surface area is 111 Å². The minimum absolute atomic E-state index is 0.164. The Balaban J connectivity index is 2.22. The number of aryl methyl sites for hydroxylation is 1. The van der Waals surface area contributed by atoms with Gasteiger partial charge >= 0.3 is 0 Å². The molecule has 2 N–H and O–H groups in total. The third-order valence-electron chi connectivity index (χ3n) is 4.22. The molecule has 0 saturated heterocycles. The summed E-state index contributed by atoms with van der Waals surface area (Å²) in [6, 6.07) is 10.00. The Morgan fingerprint density at radius 2 is 1.94 bits per heavy atom. The number of benzene rings is 1. The van der Waals surface area contributed by atoms with Crippen LogP contribution in [0.1, 0.15) is 49.8 Å². The van der Waals surface area contributed by atoms with Crippen molar-refractivity contribution >= 4 is 0 Å². The van der Waals surface area contributed by atoms with Crippen LogP contribution < -0.4 is 5.73 Å². The van der Waals surface area contributed by atoms with E-state index in [1.807, 2.05) is 0 Å². The SMILES string of the molecule is Cc1cccc(C(C(C)N)N(C)C2CCCC2)c1. The van der Waals surface area contributed by atoms with E-state index in [1.54, 1.807) is 0 Å². The van der Waals surface area contributed by atoms with E-state index in [2.05, 4.69) is 50.1 Å². The van der Waals surface area contributed by atoms with Crippen LogP contribution in [0.15, 0.2) is 24.3 Å². The predicted octanol–water partition coefficient (Wildman–Crippen LogP) is 3.26. The van der Waals surface area contributed by atoms with Gasteiger partial charge in [0.1, 0.15) is 0 Å². The highest BCUT2D eigenvalue weighted by Gasteiger charge is 2.28. The van der Waals surface area contributed by atoms with Crippen LogP contribution in [0.4, 0.5) is 0 Å². The smallest absolute Gasteiger partial charge is 0.0496 e. The first-order chi connectivity index (χ1) is 8.59. The molecule has 1 aliphatic rings. The summed E-state index contributed by atoms with van der Waals surface area (Å²) in [7, 11) is 2.24. The van der Waals surface area contributed by atoms with Crippen LogP contribution in [-0.4, -0.2) is 24.0 Å². The molecule has 2 nitrogen and oxygen atoms in total. The highest BCUT2D eigenvalue weighted by atomic mass is 15.2. The van der Waals surface area contributed by atoms with Crippen LogP contribution in [0.25, 0.3) is 0 Å². The molecule has 0 bridgehead atoms. The van der Waals surface area contributed by atoms with Crippen molar-refractivity contribution in [2.24, 2.45) is 5.73 Å². The van der Waals surface area contributed by atoms with Crippen molar-refractivity contribution in [2.75, 3.05) is 7.05 Å². The van der Waals surface area contributed by atoms with Gasteiger partial charge in [0.2, 0.25) is 0 Å². The summed E-state index contributed by atoms with van der Waals surface area (Å²) in [5.74, 6) is 0. The summed E-state index contributed by atoms with van der Waals surface area (Å²) in [6.45, 7) is 4.27. The van der Waals surface area contributed by atoms with E-state index in [0.29, 0.717) is 12.1 Å². The summed E-state index contributed by atoms with van der Waals surface area (Å²) in [5, 5.41) is 0. The maximum atomic E-state index is 6.25. The monoisotopic (exact) mass is 246 g/mol. The van der Waals surface area contributed by atoms with Gasteiger partial charge in [-0.1, -0.05) is 42.7 Å². The average molecular weight is 246 g/mol. The summed E-state index contributed by atoms with van der Waals surface area (Å²) in [5.41, 5.74) is 8.92. The molecule has 2 rings (SSSR count).